The molecule has 0 bridgehead atoms. The highest BCUT2D eigenvalue weighted by atomic mass is 15.0. The van der Waals surface area contributed by atoms with E-state index in [0.717, 1.165) is 11.4 Å². The molecule has 0 aliphatic heterocycles. The Kier molecular flexibility index (Phi) is 5.91. The Morgan fingerprint density at radius 1 is 0.271 bits per heavy atom. The summed E-state index contributed by atoms with van der Waals surface area (Å²) in [4.78, 5) is 0. The first-order valence-corrected chi connectivity index (χ1v) is 16.5. The Morgan fingerprint density at radius 3 is 1.29 bits per heavy atom. The van der Waals surface area contributed by atoms with Crippen LogP contribution >= 0.6 is 0 Å². The quantitative estimate of drug-likeness (QED) is 0.188. The van der Waals surface area contributed by atoms with E-state index < -0.39 is 0 Å². The molecule has 224 valence electrons. The summed E-state index contributed by atoms with van der Waals surface area (Å²) in [5.41, 5.74) is 12.0. The lowest BCUT2D eigenvalue weighted by Gasteiger charge is -2.14. The molecule has 0 spiro atoms. The van der Waals surface area contributed by atoms with Crippen LogP contribution in [0.25, 0.3) is 88.0 Å². The third kappa shape index (κ3) is 4.06. The Morgan fingerprint density at radius 2 is 0.708 bits per heavy atom. The zero-order valence-corrected chi connectivity index (χ0v) is 26.2. The highest BCUT2D eigenvalue weighted by molar-refractivity contribution is 6.25. The zero-order valence-electron chi connectivity index (χ0n) is 26.2. The van der Waals surface area contributed by atoms with E-state index in [2.05, 4.69) is 191 Å². The van der Waals surface area contributed by atoms with E-state index in [9.17, 15) is 0 Å². The summed E-state index contributed by atoms with van der Waals surface area (Å²) in [5, 5.41) is 7.50. The molecule has 8 aromatic carbocycles. The lowest BCUT2D eigenvalue weighted by molar-refractivity contribution is 1.15. The van der Waals surface area contributed by atoms with Crippen LogP contribution in [0.4, 0.5) is 0 Å². The van der Waals surface area contributed by atoms with Crippen molar-refractivity contribution < 1.29 is 0 Å². The number of benzene rings is 8. The summed E-state index contributed by atoms with van der Waals surface area (Å²) in [5.74, 6) is 0. The summed E-state index contributed by atoms with van der Waals surface area (Å²) in [6.07, 6.45) is 0. The summed E-state index contributed by atoms with van der Waals surface area (Å²) >= 11 is 0. The Hall–Kier alpha value is -6.38. The van der Waals surface area contributed by atoms with E-state index in [1.165, 1.54) is 76.6 Å². The molecular weight excluding hydrogens is 581 g/mol. The number of aromatic nitrogens is 2. The third-order valence-electron chi connectivity index (χ3n) is 9.89. The molecule has 2 nitrogen and oxygen atoms in total. The van der Waals surface area contributed by atoms with Gasteiger partial charge >= 0.3 is 0 Å². The zero-order chi connectivity index (χ0) is 31.6. The molecule has 2 aromatic heterocycles. The van der Waals surface area contributed by atoms with Gasteiger partial charge in [0.1, 0.15) is 0 Å². The fraction of sp³-hybridized carbons (Fsp3) is 0. The van der Waals surface area contributed by atoms with Crippen LogP contribution in [0, 0.1) is 0 Å². The molecule has 0 fully saturated rings. The van der Waals surface area contributed by atoms with Gasteiger partial charge in [-0.25, -0.2) is 0 Å². The molecule has 0 amide bonds. The first kappa shape index (κ1) is 26.8. The van der Waals surface area contributed by atoms with E-state index in [1.807, 2.05) is 0 Å². The van der Waals surface area contributed by atoms with Crippen molar-refractivity contribution in [2.24, 2.45) is 0 Å². The van der Waals surface area contributed by atoms with Gasteiger partial charge in [-0.3, -0.25) is 0 Å². The van der Waals surface area contributed by atoms with E-state index in [0.29, 0.717) is 0 Å². The first-order valence-electron chi connectivity index (χ1n) is 16.5. The van der Waals surface area contributed by atoms with Crippen LogP contribution in [0.2, 0.25) is 0 Å². The van der Waals surface area contributed by atoms with Crippen molar-refractivity contribution in [3.63, 3.8) is 0 Å². The van der Waals surface area contributed by atoms with Crippen molar-refractivity contribution >= 4 is 54.4 Å². The van der Waals surface area contributed by atoms with Crippen LogP contribution in [-0.4, -0.2) is 9.13 Å². The van der Waals surface area contributed by atoms with Gasteiger partial charge < -0.3 is 9.13 Å². The number of nitrogens with zero attached hydrogens (tertiary/aromatic N) is 2. The maximum absolute atomic E-state index is 2.49. The fourth-order valence-corrected chi connectivity index (χ4v) is 7.64. The molecule has 0 radical (unpaired) electrons. The maximum atomic E-state index is 2.49. The predicted molar refractivity (Wildman–Crippen MR) is 203 cm³/mol. The van der Waals surface area contributed by atoms with E-state index >= 15 is 0 Å². The van der Waals surface area contributed by atoms with Crippen molar-refractivity contribution in [3.05, 3.63) is 182 Å². The van der Waals surface area contributed by atoms with Crippen LogP contribution in [-0.2, 0) is 0 Å². The molecule has 0 aliphatic rings. The maximum Gasteiger partial charge on any atom is 0.0788 e. The molecule has 10 aromatic rings. The SMILES string of the molecule is c1ccc(-c2ccc(-n3c4ccccc4c4ccc5c6cc7ccccc7cc6n(-c6ccc(-c7ccccc7)cc6)c5c43)cc2)cc1. The van der Waals surface area contributed by atoms with Crippen molar-refractivity contribution in [2.75, 3.05) is 0 Å². The van der Waals surface area contributed by atoms with Gasteiger partial charge in [-0.2, -0.15) is 0 Å². The average molecular weight is 611 g/mol. The monoisotopic (exact) mass is 610 g/mol. The third-order valence-corrected chi connectivity index (χ3v) is 9.89. The van der Waals surface area contributed by atoms with Crippen LogP contribution in [0.1, 0.15) is 0 Å². The molecule has 0 saturated heterocycles. The molecule has 0 unspecified atom stereocenters. The van der Waals surface area contributed by atoms with Crippen LogP contribution < -0.4 is 0 Å². The Bertz CT molecular complexity index is 2780. The second-order valence-corrected chi connectivity index (χ2v) is 12.6. The number of fused-ring (bicyclic) bond motifs is 8. The lowest BCUT2D eigenvalue weighted by Crippen LogP contribution is -1.99. The molecule has 10 rings (SSSR count). The molecule has 2 heteroatoms. The van der Waals surface area contributed by atoms with Gasteiger partial charge in [-0.15, -0.1) is 0 Å². The topological polar surface area (TPSA) is 9.86 Å². The van der Waals surface area contributed by atoms with Crippen LogP contribution in [0.3, 0.4) is 0 Å². The van der Waals surface area contributed by atoms with Gasteiger partial charge in [0.25, 0.3) is 0 Å². The van der Waals surface area contributed by atoms with Crippen molar-refractivity contribution in [1.82, 2.24) is 9.13 Å². The molecule has 0 saturated carbocycles. The minimum Gasteiger partial charge on any atom is -0.307 e. The van der Waals surface area contributed by atoms with Crippen LogP contribution in [0.15, 0.2) is 182 Å². The standard InChI is InChI=1S/C46H30N2/c1-3-11-31(12-4-1)33-19-23-37(24-20-33)47-43-18-10-9-17-39(43)40-27-28-41-42-29-35-15-7-8-16-36(35)30-44(42)48(46(41)45(40)47)38-25-21-34(22-26-38)32-13-5-2-6-14-32/h1-30H. The summed E-state index contributed by atoms with van der Waals surface area (Å²) < 4.78 is 4.96. The minimum atomic E-state index is 1.15. The summed E-state index contributed by atoms with van der Waals surface area (Å²) in [6, 6.07) is 66.2. The van der Waals surface area contributed by atoms with Crippen molar-refractivity contribution in [2.45, 2.75) is 0 Å². The smallest absolute Gasteiger partial charge is 0.0788 e. The molecule has 0 atom stereocenters. The first-order chi connectivity index (χ1) is 23.8. The van der Waals surface area contributed by atoms with Gasteiger partial charge in [0.05, 0.1) is 22.1 Å². The largest absolute Gasteiger partial charge is 0.307 e. The van der Waals surface area contributed by atoms with Crippen molar-refractivity contribution in [3.8, 4) is 33.6 Å². The second-order valence-electron chi connectivity index (χ2n) is 12.6. The van der Waals surface area contributed by atoms with E-state index in [1.54, 1.807) is 0 Å². The lowest BCUT2D eigenvalue weighted by atomic mass is 10.0. The van der Waals surface area contributed by atoms with E-state index in [4.69, 9.17) is 0 Å². The normalized spacial score (nSPS) is 11.8. The Labute approximate surface area is 278 Å². The van der Waals surface area contributed by atoms with Crippen molar-refractivity contribution in [1.29, 1.82) is 0 Å². The predicted octanol–water partition coefficient (Wildman–Crippen LogP) is 12.4. The number of hydrogen-bond donors (Lipinski definition) is 0. The average Bonchev–Trinajstić information content (AvgIpc) is 3.67. The molecule has 0 N–H and O–H groups in total. The summed E-state index contributed by atoms with van der Waals surface area (Å²) in [6.45, 7) is 0. The number of hydrogen-bond acceptors (Lipinski definition) is 0. The Balaban J connectivity index is 1.31. The van der Waals surface area contributed by atoms with Gasteiger partial charge in [0.15, 0.2) is 0 Å². The van der Waals surface area contributed by atoms with Gasteiger partial charge in [0.2, 0.25) is 0 Å². The van der Waals surface area contributed by atoms with Gasteiger partial charge in [-0.1, -0.05) is 140 Å². The number of rotatable bonds is 4. The highest BCUT2D eigenvalue weighted by Crippen LogP contribution is 2.43. The molecule has 48 heavy (non-hydrogen) atoms. The minimum absolute atomic E-state index is 1.15. The fourth-order valence-electron chi connectivity index (χ4n) is 7.64. The van der Waals surface area contributed by atoms with Gasteiger partial charge in [0, 0.05) is 32.9 Å². The molecular formula is C46H30N2. The highest BCUT2D eigenvalue weighted by Gasteiger charge is 2.21. The number of para-hydroxylation sites is 1. The van der Waals surface area contributed by atoms with Crippen LogP contribution in [0.5, 0.6) is 0 Å². The van der Waals surface area contributed by atoms with E-state index in [-0.39, 0.29) is 0 Å². The molecule has 0 aliphatic carbocycles. The second kappa shape index (κ2) is 10.6. The van der Waals surface area contributed by atoms with Gasteiger partial charge in [-0.05, 0) is 75.5 Å². The molecule has 2 heterocycles. The summed E-state index contributed by atoms with van der Waals surface area (Å²) in [7, 11) is 0.